The second kappa shape index (κ2) is 5.86. The summed E-state index contributed by atoms with van der Waals surface area (Å²) in [5.41, 5.74) is 7.95. The molecule has 0 spiro atoms. The van der Waals surface area contributed by atoms with Crippen molar-refractivity contribution in [2.24, 2.45) is 0 Å². The van der Waals surface area contributed by atoms with Crippen molar-refractivity contribution in [2.45, 2.75) is 13.3 Å². The van der Waals surface area contributed by atoms with Crippen molar-refractivity contribution >= 4 is 23.7 Å². The van der Waals surface area contributed by atoms with E-state index in [1.807, 2.05) is 0 Å². The summed E-state index contributed by atoms with van der Waals surface area (Å²) in [6.07, 6.45) is 3.02. The lowest BCUT2D eigenvalue weighted by atomic mass is 10.0. The molecule has 96 valence electrons. The number of carboxylic acid groups (broad SMARTS) is 1. The summed E-state index contributed by atoms with van der Waals surface area (Å²) in [5, 5.41) is 8.52. The Morgan fingerprint density at radius 2 is 2.11 bits per heavy atom. The molecule has 0 saturated carbocycles. The molecule has 0 fully saturated rings. The van der Waals surface area contributed by atoms with Gasteiger partial charge in [0.1, 0.15) is 0 Å². The minimum absolute atomic E-state index is 0.0820. The number of aliphatic carboxylic acids is 1. The molecule has 0 amide bonds. The van der Waals surface area contributed by atoms with Crippen LogP contribution in [0.2, 0.25) is 0 Å². The Bertz CT molecular complexity index is 506. The highest BCUT2D eigenvalue weighted by Gasteiger charge is 2.12. The number of carboxylic acids is 1. The molecule has 3 N–H and O–H groups in total. The summed E-state index contributed by atoms with van der Waals surface area (Å²) in [5.74, 6) is -1.38. The molecule has 0 radical (unpaired) electrons. The molecule has 0 aliphatic rings. The number of carbonyl (C=O) groups excluding carboxylic acids is 1. The summed E-state index contributed by atoms with van der Waals surface area (Å²) < 4.78 is 4.66. The first kappa shape index (κ1) is 13.8. The number of esters is 1. The fourth-order valence-electron chi connectivity index (χ4n) is 1.47. The van der Waals surface area contributed by atoms with E-state index in [0.29, 0.717) is 22.4 Å². The number of hydrogen-bond donors (Lipinski definition) is 2. The Balaban J connectivity index is 3.08. The van der Waals surface area contributed by atoms with Crippen molar-refractivity contribution in [3.63, 3.8) is 0 Å². The number of benzene rings is 1. The average molecular weight is 249 g/mol. The van der Waals surface area contributed by atoms with Crippen LogP contribution in [0.25, 0.3) is 6.08 Å². The zero-order valence-corrected chi connectivity index (χ0v) is 10.3. The molecule has 0 aliphatic carbocycles. The predicted molar refractivity (Wildman–Crippen MR) is 68.2 cm³/mol. The SMILES string of the molecule is COC(=O)c1cc(C=CCC(=O)O)cc(N)c1C. The molecule has 0 aromatic heterocycles. The van der Waals surface area contributed by atoms with Crippen molar-refractivity contribution in [1.29, 1.82) is 0 Å². The number of nitrogen functional groups attached to an aromatic ring is 1. The normalized spacial score (nSPS) is 10.6. The summed E-state index contributed by atoms with van der Waals surface area (Å²) in [7, 11) is 1.30. The maximum Gasteiger partial charge on any atom is 0.338 e. The molecule has 0 bridgehead atoms. The van der Waals surface area contributed by atoms with Gasteiger partial charge in [-0.3, -0.25) is 4.79 Å². The average Bonchev–Trinajstić information content (AvgIpc) is 2.32. The zero-order chi connectivity index (χ0) is 13.7. The van der Waals surface area contributed by atoms with Crippen LogP contribution < -0.4 is 5.73 Å². The standard InChI is InChI=1S/C13H15NO4/c1-8-10(13(17)18-2)6-9(7-11(8)14)4-3-5-12(15)16/h3-4,6-7H,5,14H2,1-2H3,(H,15,16). The lowest BCUT2D eigenvalue weighted by Crippen LogP contribution is -2.06. The van der Waals surface area contributed by atoms with Crippen LogP contribution in [-0.4, -0.2) is 24.2 Å². The Hall–Kier alpha value is -2.30. The van der Waals surface area contributed by atoms with Crippen molar-refractivity contribution in [1.82, 2.24) is 0 Å². The molecule has 5 nitrogen and oxygen atoms in total. The summed E-state index contributed by atoms with van der Waals surface area (Å²) in [4.78, 5) is 21.9. The van der Waals surface area contributed by atoms with Gasteiger partial charge in [0, 0.05) is 5.69 Å². The van der Waals surface area contributed by atoms with Gasteiger partial charge < -0.3 is 15.6 Å². The lowest BCUT2D eigenvalue weighted by molar-refractivity contribution is -0.135. The molecular formula is C13H15NO4. The van der Waals surface area contributed by atoms with E-state index < -0.39 is 11.9 Å². The van der Waals surface area contributed by atoms with Crippen LogP contribution in [0.15, 0.2) is 18.2 Å². The highest BCUT2D eigenvalue weighted by Crippen LogP contribution is 2.20. The van der Waals surface area contributed by atoms with E-state index in [1.54, 1.807) is 25.1 Å². The van der Waals surface area contributed by atoms with Crippen LogP contribution in [0.5, 0.6) is 0 Å². The van der Waals surface area contributed by atoms with E-state index in [2.05, 4.69) is 4.74 Å². The Kier molecular flexibility index (Phi) is 4.48. The van der Waals surface area contributed by atoms with Gasteiger partial charge in [-0.2, -0.15) is 0 Å². The Morgan fingerprint density at radius 3 is 2.67 bits per heavy atom. The van der Waals surface area contributed by atoms with Gasteiger partial charge in [0.15, 0.2) is 0 Å². The summed E-state index contributed by atoms with van der Waals surface area (Å²) in [6.45, 7) is 1.73. The lowest BCUT2D eigenvalue weighted by Gasteiger charge is -2.08. The fourth-order valence-corrected chi connectivity index (χ4v) is 1.47. The first-order valence-electron chi connectivity index (χ1n) is 5.32. The molecule has 0 heterocycles. The second-order valence-corrected chi connectivity index (χ2v) is 3.77. The molecule has 5 heteroatoms. The highest BCUT2D eigenvalue weighted by molar-refractivity contribution is 5.93. The maximum atomic E-state index is 11.5. The minimum Gasteiger partial charge on any atom is -0.481 e. The van der Waals surface area contributed by atoms with Crippen molar-refractivity contribution in [3.05, 3.63) is 34.9 Å². The molecule has 0 atom stereocenters. The smallest absolute Gasteiger partial charge is 0.338 e. The van der Waals surface area contributed by atoms with Gasteiger partial charge in [0.05, 0.1) is 19.1 Å². The van der Waals surface area contributed by atoms with Gasteiger partial charge in [0.25, 0.3) is 0 Å². The van der Waals surface area contributed by atoms with Crippen molar-refractivity contribution in [2.75, 3.05) is 12.8 Å². The van der Waals surface area contributed by atoms with E-state index in [9.17, 15) is 9.59 Å². The number of rotatable bonds is 4. The molecule has 1 aromatic rings. The van der Waals surface area contributed by atoms with E-state index in [1.165, 1.54) is 13.2 Å². The third-order valence-electron chi connectivity index (χ3n) is 2.48. The first-order chi connectivity index (χ1) is 8.45. The van der Waals surface area contributed by atoms with Crippen LogP contribution in [0.1, 0.15) is 27.9 Å². The molecule has 1 aromatic carbocycles. The van der Waals surface area contributed by atoms with Gasteiger partial charge in [-0.05, 0) is 30.2 Å². The fraction of sp³-hybridized carbons (Fsp3) is 0.231. The number of ether oxygens (including phenoxy) is 1. The van der Waals surface area contributed by atoms with E-state index in [-0.39, 0.29) is 6.42 Å². The third kappa shape index (κ3) is 3.35. The molecule has 0 saturated heterocycles. The molecule has 0 aliphatic heterocycles. The van der Waals surface area contributed by atoms with Gasteiger partial charge in [-0.15, -0.1) is 0 Å². The van der Waals surface area contributed by atoms with Crippen LogP contribution in [0.4, 0.5) is 5.69 Å². The molecule has 0 unspecified atom stereocenters. The minimum atomic E-state index is -0.917. The zero-order valence-electron chi connectivity index (χ0n) is 10.3. The number of carbonyl (C=O) groups is 2. The molecular weight excluding hydrogens is 234 g/mol. The van der Waals surface area contributed by atoms with Gasteiger partial charge in [-0.25, -0.2) is 4.79 Å². The van der Waals surface area contributed by atoms with E-state index in [0.717, 1.165) is 0 Å². The highest BCUT2D eigenvalue weighted by atomic mass is 16.5. The van der Waals surface area contributed by atoms with Crippen LogP contribution in [0.3, 0.4) is 0 Å². The topological polar surface area (TPSA) is 89.6 Å². The Morgan fingerprint density at radius 1 is 1.44 bits per heavy atom. The van der Waals surface area contributed by atoms with Crippen molar-refractivity contribution in [3.8, 4) is 0 Å². The Labute approximate surface area is 105 Å². The van der Waals surface area contributed by atoms with Gasteiger partial charge in [-0.1, -0.05) is 12.2 Å². The first-order valence-corrected chi connectivity index (χ1v) is 5.32. The van der Waals surface area contributed by atoms with Crippen LogP contribution >= 0.6 is 0 Å². The molecule has 1 rings (SSSR count). The number of methoxy groups -OCH3 is 1. The largest absolute Gasteiger partial charge is 0.481 e. The monoisotopic (exact) mass is 249 g/mol. The summed E-state index contributed by atoms with van der Waals surface area (Å²) in [6, 6.07) is 3.30. The second-order valence-electron chi connectivity index (χ2n) is 3.77. The van der Waals surface area contributed by atoms with E-state index in [4.69, 9.17) is 10.8 Å². The van der Waals surface area contributed by atoms with Gasteiger partial charge in [0.2, 0.25) is 0 Å². The maximum absolute atomic E-state index is 11.5. The van der Waals surface area contributed by atoms with E-state index >= 15 is 0 Å². The van der Waals surface area contributed by atoms with Crippen molar-refractivity contribution < 1.29 is 19.4 Å². The number of nitrogens with two attached hydrogens (primary N) is 1. The predicted octanol–water partition coefficient (Wildman–Crippen LogP) is 1.85. The third-order valence-corrected chi connectivity index (χ3v) is 2.48. The van der Waals surface area contributed by atoms with Crippen LogP contribution in [-0.2, 0) is 9.53 Å². The van der Waals surface area contributed by atoms with Gasteiger partial charge >= 0.3 is 11.9 Å². The number of anilines is 1. The number of hydrogen-bond acceptors (Lipinski definition) is 4. The quantitative estimate of drug-likeness (QED) is 0.627. The summed E-state index contributed by atoms with van der Waals surface area (Å²) >= 11 is 0. The van der Waals surface area contributed by atoms with Crippen LogP contribution in [0, 0.1) is 6.92 Å². The molecule has 18 heavy (non-hydrogen) atoms.